The molecule has 0 aromatic heterocycles. The minimum absolute atomic E-state index is 0.457. The number of nitrogens with zero attached hydrogens (tertiary/aromatic N) is 1. The lowest BCUT2D eigenvalue weighted by atomic mass is 10.0. The third-order valence-electron chi connectivity index (χ3n) is 2.15. The molecule has 0 aliphatic rings. The van der Waals surface area contributed by atoms with E-state index in [1.54, 1.807) is 0 Å². The standard InChI is InChI=1S/C11H14N2/c1-3-11(2,9-12)13-10-7-5-4-6-8-10/h4-8,13H,3H2,1-2H3. The molecule has 1 N–H and O–H groups in total. The van der Waals surface area contributed by atoms with E-state index in [4.69, 9.17) is 5.26 Å². The molecule has 0 fully saturated rings. The van der Waals surface area contributed by atoms with E-state index in [0.717, 1.165) is 12.1 Å². The second-order valence-electron chi connectivity index (χ2n) is 3.29. The van der Waals surface area contributed by atoms with Crippen molar-refractivity contribution in [1.82, 2.24) is 0 Å². The largest absolute Gasteiger partial charge is 0.368 e. The summed E-state index contributed by atoms with van der Waals surface area (Å²) in [6.45, 7) is 3.90. The molecule has 1 aromatic rings. The second kappa shape index (κ2) is 3.95. The predicted octanol–water partition coefficient (Wildman–Crippen LogP) is 2.79. The summed E-state index contributed by atoms with van der Waals surface area (Å²) in [5.41, 5.74) is 0.537. The van der Waals surface area contributed by atoms with Crippen molar-refractivity contribution < 1.29 is 0 Å². The molecule has 0 saturated carbocycles. The molecule has 1 aromatic carbocycles. The number of nitrogens with one attached hydrogen (secondary N) is 1. The van der Waals surface area contributed by atoms with Crippen molar-refractivity contribution in [2.24, 2.45) is 0 Å². The lowest BCUT2D eigenvalue weighted by Gasteiger charge is -2.22. The van der Waals surface area contributed by atoms with Crippen LogP contribution in [0.1, 0.15) is 20.3 Å². The molecule has 0 radical (unpaired) electrons. The molecule has 2 heteroatoms. The first-order chi connectivity index (χ1) is 6.20. The van der Waals surface area contributed by atoms with Gasteiger partial charge in [0, 0.05) is 5.69 Å². The Morgan fingerprint density at radius 3 is 2.46 bits per heavy atom. The Bertz CT molecular complexity index is 300. The summed E-state index contributed by atoms with van der Waals surface area (Å²) in [7, 11) is 0. The van der Waals surface area contributed by atoms with Gasteiger partial charge in [-0.1, -0.05) is 25.1 Å². The van der Waals surface area contributed by atoms with E-state index in [1.165, 1.54) is 0 Å². The van der Waals surface area contributed by atoms with Crippen molar-refractivity contribution in [2.75, 3.05) is 5.32 Å². The molecule has 1 rings (SSSR count). The molecule has 68 valence electrons. The average molecular weight is 174 g/mol. The van der Waals surface area contributed by atoms with Crippen molar-refractivity contribution in [3.8, 4) is 6.07 Å². The minimum atomic E-state index is -0.457. The van der Waals surface area contributed by atoms with Gasteiger partial charge in [0.25, 0.3) is 0 Å². The van der Waals surface area contributed by atoms with E-state index < -0.39 is 5.54 Å². The molecule has 1 unspecified atom stereocenters. The van der Waals surface area contributed by atoms with E-state index in [1.807, 2.05) is 44.2 Å². The van der Waals surface area contributed by atoms with Gasteiger partial charge in [-0.2, -0.15) is 5.26 Å². The van der Waals surface area contributed by atoms with Crippen LogP contribution in [0, 0.1) is 11.3 Å². The molecular weight excluding hydrogens is 160 g/mol. The van der Waals surface area contributed by atoms with E-state index in [2.05, 4.69) is 11.4 Å². The Balaban J connectivity index is 2.75. The van der Waals surface area contributed by atoms with Crippen LogP contribution in [0.2, 0.25) is 0 Å². The normalized spacial score (nSPS) is 14.2. The van der Waals surface area contributed by atoms with Gasteiger partial charge in [-0.3, -0.25) is 0 Å². The zero-order chi connectivity index (χ0) is 9.73. The van der Waals surface area contributed by atoms with Gasteiger partial charge in [-0.15, -0.1) is 0 Å². The van der Waals surface area contributed by atoms with Crippen LogP contribution in [0.25, 0.3) is 0 Å². The highest BCUT2D eigenvalue weighted by atomic mass is 15.0. The Morgan fingerprint density at radius 1 is 1.38 bits per heavy atom. The molecule has 0 aliphatic heterocycles. The van der Waals surface area contributed by atoms with E-state index in [0.29, 0.717) is 0 Å². The summed E-state index contributed by atoms with van der Waals surface area (Å²) in [6.07, 6.45) is 0.790. The zero-order valence-corrected chi connectivity index (χ0v) is 8.04. The molecule has 13 heavy (non-hydrogen) atoms. The zero-order valence-electron chi connectivity index (χ0n) is 8.04. The SMILES string of the molecule is CCC(C)(C#N)Nc1ccccc1. The van der Waals surface area contributed by atoms with Crippen molar-refractivity contribution in [3.63, 3.8) is 0 Å². The molecule has 2 nitrogen and oxygen atoms in total. The van der Waals surface area contributed by atoms with Gasteiger partial charge in [-0.25, -0.2) is 0 Å². The van der Waals surface area contributed by atoms with Gasteiger partial charge in [0.05, 0.1) is 6.07 Å². The number of benzene rings is 1. The van der Waals surface area contributed by atoms with Crippen molar-refractivity contribution in [3.05, 3.63) is 30.3 Å². The first kappa shape index (κ1) is 9.60. The van der Waals surface area contributed by atoms with Crippen LogP contribution < -0.4 is 5.32 Å². The predicted molar refractivity (Wildman–Crippen MR) is 54.4 cm³/mol. The molecule has 0 aliphatic carbocycles. The maximum absolute atomic E-state index is 8.93. The molecule has 1 atom stereocenters. The Hall–Kier alpha value is -1.49. The number of rotatable bonds is 3. The van der Waals surface area contributed by atoms with Gasteiger partial charge in [0.1, 0.15) is 5.54 Å². The maximum Gasteiger partial charge on any atom is 0.122 e. The van der Waals surface area contributed by atoms with Gasteiger partial charge < -0.3 is 5.32 Å². The topological polar surface area (TPSA) is 35.8 Å². The van der Waals surface area contributed by atoms with Crippen LogP contribution in [0.5, 0.6) is 0 Å². The Labute approximate surface area is 79.2 Å². The van der Waals surface area contributed by atoms with Gasteiger partial charge in [0.15, 0.2) is 0 Å². The lowest BCUT2D eigenvalue weighted by molar-refractivity contribution is 0.626. The average Bonchev–Trinajstić information content (AvgIpc) is 2.19. The van der Waals surface area contributed by atoms with Gasteiger partial charge in [-0.05, 0) is 25.5 Å². The number of hydrogen-bond acceptors (Lipinski definition) is 2. The fourth-order valence-electron chi connectivity index (χ4n) is 1.04. The minimum Gasteiger partial charge on any atom is -0.368 e. The Morgan fingerprint density at radius 2 is 2.00 bits per heavy atom. The van der Waals surface area contributed by atoms with Gasteiger partial charge >= 0.3 is 0 Å². The highest BCUT2D eigenvalue weighted by Crippen LogP contribution is 2.16. The second-order valence-corrected chi connectivity index (χ2v) is 3.29. The number of nitriles is 1. The number of para-hydroxylation sites is 1. The monoisotopic (exact) mass is 174 g/mol. The molecule has 0 saturated heterocycles. The fraction of sp³-hybridized carbons (Fsp3) is 0.364. The van der Waals surface area contributed by atoms with Crippen LogP contribution in [0.15, 0.2) is 30.3 Å². The number of hydrogen-bond donors (Lipinski definition) is 1. The Kier molecular flexibility index (Phi) is 2.92. The summed E-state index contributed by atoms with van der Waals surface area (Å²) >= 11 is 0. The first-order valence-electron chi connectivity index (χ1n) is 4.44. The van der Waals surface area contributed by atoms with E-state index in [9.17, 15) is 0 Å². The highest BCUT2D eigenvalue weighted by Gasteiger charge is 2.19. The van der Waals surface area contributed by atoms with Crippen LogP contribution in [0.3, 0.4) is 0 Å². The summed E-state index contributed by atoms with van der Waals surface area (Å²) in [5.74, 6) is 0. The molecule has 0 heterocycles. The fourth-order valence-corrected chi connectivity index (χ4v) is 1.04. The van der Waals surface area contributed by atoms with Crippen LogP contribution >= 0.6 is 0 Å². The molecule has 0 amide bonds. The quantitative estimate of drug-likeness (QED) is 0.764. The van der Waals surface area contributed by atoms with Crippen molar-refractivity contribution in [1.29, 1.82) is 5.26 Å². The van der Waals surface area contributed by atoms with Gasteiger partial charge in [0.2, 0.25) is 0 Å². The van der Waals surface area contributed by atoms with E-state index >= 15 is 0 Å². The summed E-state index contributed by atoms with van der Waals surface area (Å²) in [4.78, 5) is 0. The third kappa shape index (κ3) is 2.48. The summed E-state index contributed by atoms with van der Waals surface area (Å²) in [6, 6.07) is 12.1. The number of anilines is 1. The smallest absolute Gasteiger partial charge is 0.122 e. The van der Waals surface area contributed by atoms with Crippen molar-refractivity contribution >= 4 is 5.69 Å². The van der Waals surface area contributed by atoms with Crippen LogP contribution in [-0.2, 0) is 0 Å². The van der Waals surface area contributed by atoms with Crippen molar-refractivity contribution in [2.45, 2.75) is 25.8 Å². The molecule has 0 spiro atoms. The van der Waals surface area contributed by atoms with Crippen LogP contribution in [-0.4, -0.2) is 5.54 Å². The molecular formula is C11H14N2. The third-order valence-corrected chi connectivity index (χ3v) is 2.15. The maximum atomic E-state index is 8.93. The van der Waals surface area contributed by atoms with Crippen LogP contribution in [0.4, 0.5) is 5.69 Å². The van der Waals surface area contributed by atoms with E-state index in [-0.39, 0.29) is 0 Å². The molecule has 0 bridgehead atoms. The first-order valence-corrected chi connectivity index (χ1v) is 4.44. The lowest BCUT2D eigenvalue weighted by Crippen LogP contribution is -2.31. The highest BCUT2D eigenvalue weighted by molar-refractivity contribution is 5.46. The summed E-state index contributed by atoms with van der Waals surface area (Å²) in [5, 5.41) is 12.1. The summed E-state index contributed by atoms with van der Waals surface area (Å²) < 4.78 is 0.